The Hall–Kier alpha value is -1.48. The van der Waals surface area contributed by atoms with Crippen molar-refractivity contribution in [3.8, 4) is 6.07 Å². The first-order valence-corrected chi connectivity index (χ1v) is 6.62. The first kappa shape index (κ1) is 14.9. The van der Waals surface area contributed by atoms with E-state index < -0.39 is 5.82 Å². The zero-order chi connectivity index (χ0) is 14.5. The molecule has 0 radical (unpaired) electrons. The van der Waals surface area contributed by atoms with E-state index in [1.54, 1.807) is 20.3 Å². The Balaban J connectivity index is 2.08. The summed E-state index contributed by atoms with van der Waals surface area (Å²) in [6, 6.07) is 6.87. The molecule has 0 N–H and O–H groups in total. The zero-order valence-corrected chi connectivity index (χ0v) is 11.8. The van der Waals surface area contributed by atoms with Gasteiger partial charge in [0.1, 0.15) is 11.9 Å². The summed E-state index contributed by atoms with van der Waals surface area (Å²) in [5, 5.41) is 8.74. The molecule has 1 saturated heterocycles. The minimum absolute atomic E-state index is 0.0818. The molecule has 0 spiro atoms. The lowest BCUT2D eigenvalue weighted by molar-refractivity contribution is 0.106. The van der Waals surface area contributed by atoms with Gasteiger partial charge in [0.25, 0.3) is 0 Å². The fourth-order valence-electron chi connectivity index (χ4n) is 2.65. The van der Waals surface area contributed by atoms with Gasteiger partial charge in [0.2, 0.25) is 0 Å². The van der Waals surface area contributed by atoms with Gasteiger partial charge in [-0.15, -0.1) is 0 Å². The number of hydrogen-bond donors (Lipinski definition) is 0. The molecule has 1 aliphatic rings. The largest absolute Gasteiger partial charge is 0.383 e. The van der Waals surface area contributed by atoms with Crippen molar-refractivity contribution in [2.45, 2.75) is 25.1 Å². The Morgan fingerprint density at radius 1 is 1.45 bits per heavy atom. The summed E-state index contributed by atoms with van der Waals surface area (Å²) >= 11 is 0. The van der Waals surface area contributed by atoms with Gasteiger partial charge in [-0.1, -0.05) is 6.07 Å². The molecule has 1 fully saturated rings. The molecule has 5 heteroatoms. The number of likely N-dealkylation sites (tertiary alicyclic amines) is 1. The molecule has 0 aromatic heterocycles. The summed E-state index contributed by atoms with van der Waals surface area (Å²) in [7, 11) is 3.39. The summed E-state index contributed by atoms with van der Waals surface area (Å²) in [5.41, 5.74) is 0.942. The number of nitriles is 1. The molecule has 1 heterocycles. The van der Waals surface area contributed by atoms with E-state index in [1.165, 1.54) is 12.1 Å². The summed E-state index contributed by atoms with van der Waals surface area (Å²) in [4.78, 5) is 2.23. The maximum absolute atomic E-state index is 13.6. The minimum atomic E-state index is -0.462. The summed E-state index contributed by atoms with van der Waals surface area (Å²) < 4.78 is 24.3. The van der Waals surface area contributed by atoms with Crippen LogP contribution in [0.25, 0.3) is 0 Å². The fourth-order valence-corrected chi connectivity index (χ4v) is 2.65. The average Bonchev–Trinajstić information content (AvgIpc) is 2.82. The van der Waals surface area contributed by atoms with Gasteiger partial charge in [-0.2, -0.15) is 5.26 Å². The van der Waals surface area contributed by atoms with Gasteiger partial charge < -0.3 is 9.47 Å². The minimum Gasteiger partial charge on any atom is -0.383 e. The Kier molecular flexibility index (Phi) is 5.07. The highest BCUT2D eigenvalue weighted by Gasteiger charge is 2.31. The van der Waals surface area contributed by atoms with Crippen molar-refractivity contribution in [1.29, 1.82) is 5.26 Å². The van der Waals surface area contributed by atoms with Crippen LogP contribution in [-0.2, 0) is 16.0 Å². The lowest BCUT2D eigenvalue weighted by Crippen LogP contribution is -2.32. The highest BCUT2D eigenvalue weighted by molar-refractivity contribution is 5.33. The normalized spacial score (nSPS) is 22.9. The van der Waals surface area contributed by atoms with E-state index in [1.807, 2.05) is 6.07 Å². The van der Waals surface area contributed by atoms with Crippen LogP contribution in [0.5, 0.6) is 0 Å². The standard InChI is InChI=1S/C15H19FN2O2/c1-19-10-13-6-14(20-2)9-18(13)8-11-3-4-12(7-17)15(16)5-11/h3-5,13-14H,6,8-10H2,1-2H3/t13-,14+/m0/s1. The first-order chi connectivity index (χ1) is 9.67. The van der Waals surface area contributed by atoms with E-state index in [4.69, 9.17) is 14.7 Å². The first-order valence-electron chi connectivity index (χ1n) is 6.62. The van der Waals surface area contributed by atoms with Crippen molar-refractivity contribution >= 4 is 0 Å². The summed E-state index contributed by atoms with van der Waals surface area (Å²) in [5.74, 6) is -0.462. The van der Waals surface area contributed by atoms with Gasteiger partial charge in [0.15, 0.2) is 0 Å². The second kappa shape index (κ2) is 6.80. The van der Waals surface area contributed by atoms with E-state index >= 15 is 0 Å². The highest BCUT2D eigenvalue weighted by Crippen LogP contribution is 2.23. The van der Waals surface area contributed by atoms with Gasteiger partial charge >= 0.3 is 0 Å². The highest BCUT2D eigenvalue weighted by atomic mass is 19.1. The number of benzene rings is 1. The average molecular weight is 278 g/mol. The van der Waals surface area contributed by atoms with Crippen LogP contribution in [-0.4, -0.2) is 44.4 Å². The third-order valence-corrected chi connectivity index (χ3v) is 3.72. The molecule has 2 atom stereocenters. The lowest BCUT2D eigenvalue weighted by atomic mass is 10.1. The number of nitrogens with zero attached hydrogens (tertiary/aromatic N) is 2. The molecule has 1 aliphatic heterocycles. The second-order valence-electron chi connectivity index (χ2n) is 5.06. The third-order valence-electron chi connectivity index (χ3n) is 3.72. The quantitative estimate of drug-likeness (QED) is 0.825. The number of halogens is 1. The molecule has 0 aliphatic carbocycles. The lowest BCUT2D eigenvalue weighted by Gasteiger charge is -2.23. The van der Waals surface area contributed by atoms with E-state index in [0.29, 0.717) is 13.2 Å². The topological polar surface area (TPSA) is 45.5 Å². The molecule has 20 heavy (non-hydrogen) atoms. The molecular formula is C15H19FN2O2. The Morgan fingerprint density at radius 2 is 2.25 bits per heavy atom. The number of rotatable bonds is 5. The smallest absolute Gasteiger partial charge is 0.141 e. The molecule has 1 aromatic carbocycles. The van der Waals surface area contributed by atoms with Crippen LogP contribution in [0, 0.1) is 17.1 Å². The molecule has 1 aromatic rings. The van der Waals surface area contributed by atoms with Gasteiger partial charge in [0.05, 0.1) is 18.3 Å². The Labute approximate surface area is 118 Å². The zero-order valence-electron chi connectivity index (χ0n) is 11.8. The van der Waals surface area contributed by atoms with Crippen LogP contribution in [0.15, 0.2) is 18.2 Å². The molecular weight excluding hydrogens is 259 g/mol. The number of hydrogen-bond acceptors (Lipinski definition) is 4. The Bertz CT molecular complexity index is 501. The molecule has 0 saturated carbocycles. The molecule has 4 nitrogen and oxygen atoms in total. The van der Waals surface area contributed by atoms with Crippen LogP contribution in [0.4, 0.5) is 4.39 Å². The maximum Gasteiger partial charge on any atom is 0.141 e. The van der Waals surface area contributed by atoms with Gasteiger partial charge in [0, 0.05) is 33.4 Å². The van der Waals surface area contributed by atoms with Crippen LogP contribution < -0.4 is 0 Å². The predicted octanol–water partition coefficient (Wildman–Crippen LogP) is 1.93. The summed E-state index contributed by atoms with van der Waals surface area (Å²) in [6.07, 6.45) is 1.11. The molecule has 0 unspecified atom stereocenters. The van der Waals surface area contributed by atoms with Crippen molar-refractivity contribution in [3.05, 3.63) is 35.1 Å². The Morgan fingerprint density at radius 3 is 2.85 bits per heavy atom. The van der Waals surface area contributed by atoms with Gasteiger partial charge in [-0.25, -0.2) is 4.39 Å². The third kappa shape index (κ3) is 3.34. The van der Waals surface area contributed by atoms with Gasteiger partial charge in [-0.3, -0.25) is 4.90 Å². The predicted molar refractivity (Wildman–Crippen MR) is 72.6 cm³/mol. The van der Waals surface area contributed by atoms with Crippen molar-refractivity contribution in [3.63, 3.8) is 0 Å². The van der Waals surface area contributed by atoms with Crippen LogP contribution in [0.2, 0.25) is 0 Å². The van der Waals surface area contributed by atoms with Crippen molar-refractivity contribution in [1.82, 2.24) is 4.90 Å². The fraction of sp³-hybridized carbons (Fsp3) is 0.533. The second-order valence-corrected chi connectivity index (χ2v) is 5.06. The van der Waals surface area contributed by atoms with Crippen LogP contribution in [0.1, 0.15) is 17.5 Å². The molecule has 0 amide bonds. The van der Waals surface area contributed by atoms with E-state index in [9.17, 15) is 4.39 Å². The monoisotopic (exact) mass is 278 g/mol. The molecule has 2 rings (SSSR count). The number of ether oxygens (including phenoxy) is 2. The van der Waals surface area contributed by atoms with Crippen molar-refractivity contribution in [2.75, 3.05) is 27.4 Å². The van der Waals surface area contributed by atoms with Crippen LogP contribution >= 0.6 is 0 Å². The van der Waals surface area contributed by atoms with Crippen molar-refractivity contribution in [2.24, 2.45) is 0 Å². The molecule has 108 valence electrons. The van der Waals surface area contributed by atoms with Crippen LogP contribution in [0.3, 0.4) is 0 Å². The molecule has 0 bridgehead atoms. The van der Waals surface area contributed by atoms with E-state index in [2.05, 4.69) is 4.90 Å². The SMILES string of the molecule is COC[C@@H]1C[C@@H](OC)CN1Cc1ccc(C#N)c(F)c1. The van der Waals surface area contributed by atoms with E-state index in [-0.39, 0.29) is 17.7 Å². The van der Waals surface area contributed by atoms with Gasteiger partial charge in [-0.05, 0) is 24.1 Å². The number of methoxy groups -OCH3 is 2. The maximum atomic E-state index is 13.6. The van der Waals surface area contributed by atoms with E-state index in [0.717, 1.165) is 18.5 Å². The summed E-state index contributed by atoms with van der Waals surface area (Å²) in [6.45, 7) is 2.08. The van der Waals surface area contributed by atoms with Crippen molar-refractivity contribution < 1.29 is 13.9 Å².